The number of hydrogen-bond donors (Lipinski definition) is 0. The summed E-state index contributed by atoms with van der Waals surface area (Å²) in [6.45, 7) is 66.5. The maximum Gasteiger partial charge on any atom is 0.453 e. The molecule has 16 aromatic rings. The van der Waals surface area contributed by atoms with Gasteiger partial charge in [-0.25, -0.2) is 0 Å². The highest BCUT2D eigenvalue weighted by atomic mass is 31.1. The Morgan fingerprint density at radius 2 is 0.376 bits per heavy atom. The molecule has 17 heteroatoms. The first-order chi connectivity index (χ1) is 58.6. The van der Waals surface area contributed by atoms with Gasteiger partial charge in [-0.3, -0.25) is 0 Å². The van der Waals surface area contributed by atoms with Gasteiger partial charge in [0.25, 0.3) is 0 Å². The lowest BCUT2D eigenvalue weighted by atomic mass is 9.81. The van der Waals surface area contributed by atoms with Crippen molar-refractivity contribution in [2.75, 3.05) is 7.11 Å². The van der Waals surface area contributed by atoms with Gasteiger partial charge in [-0.15, -0.1) is 0 Å². The fourth-order valence-electron chi connectivity index (χ4n) is 17.8. The van der Waals surface area contributed by atoms with Crippen molar-refractivity contribution in [3.63, 3.8) is 0 Å². The Hall–Kier alpha value is -10.8. The molecular weight excluding hydrogens is 1630 g/mol. The molecule has 0 saturated heterocycles. The molecule has 0 radical (unpaired) electrons. The minimum atomic E-state index is -2.05. The highest BCUT2D eigenvalue weighted by Crippen LogP contribution is 2.56. The number of methoxy groups -OCH3 is 1. The summed E-state index contributed by atoms with van der Waals surface area (Å²) in [7, 11) is -6.37. The fraction of sp³-hybridized carbons (Fsp3) is 0.333. The smallest absolute Gasteiger partial charge is 0.453 e. The summed E-state index contributed by atoms with van der Waals surface area (Å²) in [5.41, 5.74) is 32.9. The van der Waals surface area contributed by atoms with Gasteiger partial charge < -0.3 is 56.4 Å². The zero-order chi connectivity index (χ0) is 90.2. The Balaban J connectivity index is 0.000000193. The Morgan fingerprint density at radius 1 is 0.192 bits per heavy atom. The van der Waals surface area contributed by atoms with Gasteiger partial charge in [0.15, 0.2) is 0 Å². The van der Waals surface area contributed by atoms with Gasteiger partial charge >= 0.3 is 33.0 Å². The van der Waals surface area contributed by atoms with E-state index in [1.807, 2.05) is 6.07 Å². The fourth-order valence-corrected chi connectivity index (χ4v) is 22.7. The van der Waals surface area contributed by atoms with Crippen LogP contribution in [0.4, 0.5) is 0 Å². The average molecular weight is 1750 g/mol. The van der Waals surface area contributed by atoms with E-state index in [4.69, 9.17) is 56.4 Å². The van der Waals surface area contributed by atoms with Crippen molar-refractivity contribution < 1.29 is 56.4 Å². The zero-order valence-corrected chi connectivity index (χ0v) is 82.5. The average Bonchev–Trinajstić information content (AvgIpc) is 1.75. The lowest BCUT2D eigenvalue weighted by Crippen LogP contribution is -2.15. The molecule has 0 atom stereocenters. The molecule has 0 aliphatic heterocycles. The molecule has 0 unspecified atom stereocenters. The highest BCUT2D eigenvalue weighted by Gasteiger charge is 2.34. The predicted molar refractivity (Wildman–Crippen MR) is 525 cm³/mol. The van der Waals surface area contributed by atoms with Gasteiger partial charge in [0, 0.05) is 87.6 Å². The van der Waals surface area contributed by atoms with Crippen LogP contribution in [0.15, 0.2) is 179 Å². The van der Waals surface area contributed by atoms with Crippen molar-refractivity contribution in [3.8, 4) is 51.0 Å². The number of ether oxygens (including phenoxy) is 1. The van der Waals surface area contributed by atoms with Gasteiger partial charge in [0.2, 0.25) is 0 Å². The Labute approximate surface area is 740 Å². The monoisotopic (exact) mass is 1750 g/mol. The lowest BCUT2D eigenvalue weighted by Gasteiger charge is -2.28. The minimum absolute atomic E-state index is 0.214. The number of hydrogen-bond acceptors (Lipinski definition) is 13. The second-order valence-electron chi connectivity index (χ2n) is 39.3. The van der Waals surface area contributed by atoms with Crippen LogP contribution in [-0.2, 0) is 21.7 Å². The van der Waals surface area contributed by atoms with Crippen LogP contribution in [0.2, 0.25) is 0 Å². The Kier molecular flexibility index (Phi) is 23.9. The normalized spacial score (nSPS) is 12.2. The van der Waals surface area contributed by atoms with Crippen LogP contribution >= 0.6 is 33.0 Å². The Bertz CT molecular complexity index is 7010. The van der Waals surface area contributed by atoms with E-state index in [0.717, 1.165) is 227 Å². The predicted octanol–water partition coefficient (Wildman–Crippen LogP) is 35.5. The van der Waals surface area contributed by atoms with Gasteiger partial charge in [-0.05, 0) is 338 Å². The summed E-state index contributed by atoms with van der Waals surface area (Å²) in [4.78, 5) is 0. The summed E-state index contributed by atoms with van der Waals surface area (Å²) < 4.78 is 90.6. The van der Waals surface area contributed by atoms with Crippen molar-refractivity contribution in [2.45, 2.75) is 236 Å². The first kappa shape index (κ1) is 89.1. The third-order valence-electron chi connectivity index (χ3n) is 23.3. The third kappa shape index (κ3) is 18.0. The third-order valence-corrected chi connectivity index (χ3v) is 27.3. The van der Waals surface area contributed by atoms with Crippen molar-refractivity contribution in [2.24, 2.45) is 0 Å². The molecule has 12 aromatic carbocycles. The second kappa shape index (κ2) is 33.5. The minimum Gasteiger partial charge on any atom is -0.497 e. The molecule has 0 saturated carbocycles. The van der Waals surface area contributed by atoms with Crippen molar-refractivity contribution in [3.05, 3.63) is 274 Å². The largest absolute Gasteiger partial charge is 0.497 e. The summed E-state index contributed by atoms with van der Waals surface area (Å²) in [6, 6.07) is 51.9. The van der Waals surface area contributed by atoms with E-state index in [9.17, 15) is 0 Å². The van der Waals surface area contributed by atoms with Crippen LogP contribution < -0.4 is 22.8 Å². The van der Waals surface area contributed by atoms with E-state index in [0.29, 0.717) is 28.7 Å². The maximum atomic E-state index is 7.30. The molecule has 4 aromatic heterocycles. The van der Waals surface area contributed by atoms with E-state index in [1.54, 1.807) is 7.11 Å². The molecule has 0 fully saturated rings. The summed E-state index contributed by atoms with van der Waals surface area (Å²) in [5.74, 6) is 3.27. The van der Waals surface area contributed by atoms with Crippen LogP contribution in [0.5, 0.6) is 28.7 Å². The Morgan fingerprint density at radius 3 is 0.632 bits per heavy atom. The van der Waals surface area contributed by atoms with Crippen LogP contribution in [0.1, 0.15) is 211 Å². The van der Waals surface area contributed by atoms with E-state index in [1.165, 1.54) is 11.1 Å². The van der Waals surface area contributed by atoms with Crippen molar-refractivity contribution in [1.29, 1.82) is 0 Å². The van der Waals surface area contributed by atoms with E-state index >= 15 is 0 Å². The first-order valence-electron chi connectivity index (χ1n) is 43.1. The van der Waals surface area contributed by atoms with E-state index in [2.05, 4.69) is 354 Å². The summed E-state index contributed by atoms with van der Waals surface area (Å²) >= 11 is 0. The van der Waals surface area contributed by atoms with E-state index < -0.39 is 38.4 Å². The van der Waals surface area contributed by atoms with Crippen LogP contribution in [-0.4, -0.2) is 7.11 Å². The molecule has 0 aliphatic carbocycles. The summed E-state index contributed by atoms with van der Waals surface area (Å²) in [6.07, 6.45) is 0. The first-order valence-corrected chi connectivity index (χ1v) is 47.5. The molecule has 650 valence electrons. The molecule has 0 bridgehead atoms. The van der Waals surface area contributed by atoms with Gasteiger partial charge in [0.05, 0.1) is 7.11 Å². The molecule has 0 amide bonds. The molecule has 13 nitrogen and oxygen atoms in total. The second-order valence-corrected chi connectivity index (χ2v) is 43.3. The van der Waals surface area contributed by atoms with Crippen LogP contribution in [0.3, 0.4) is 0 Å². The standard InChI is InChI=1S/C54H60O7P2.C54H60O6P2/c1-29-17-34(6)47-39(21-29)40-22-30(2)18-35(7)48(40)57-62(56-47)60-51-43(25-33(5)26-45(51)53(10,11)12)44-27-38(55-16)28-46(54(13,14)15)52(44)61-63-58-49-36(8)19-31(3)23-41(49)42-24-32(4)20-37(9)50(42)59-63;1-29-17-35(7)47-39(21-29)40-22-30(2)18-36(8)48(40)56-61(55-47)57-49-37(9)19-31(3)23-41(49)42-24-32(4)20-38(10)50(42)58-62-59-51-43(25-33(5)27-45(51)53(11,12)13)44-26-34(6)28-46(52(44)60-62)54(14,15)16/h17-28H,1-16H3;17-28H,1-16H3. The molecule has 16 rings (SSSR count). The maximum absolute atomic E-state index is 7.30. The molecule has 4 heterocycles. The van der Waals surface area contributed by atoms with Crippen molar-refractivity contribution in [1.82, 2.24) is 0 Å². The number of benzene rings is 12. The molecular formula is C108H120O13P4. The SMILES string of the molecule is COc1cc(-c2cc(C)cc(C(C)(C)C)c2Op2oc3c(C)cc(C)cc3c3cc(C)cc(C)c3o2)c(Op2oc3c(C)cc(C)cc3c3cc(C)cc(C)c3o2)c(C(C)(C)C)c1.Cc1cc(C)c(Op2oc3c(C)cc(C)cc3c3cc(C)cc(C)c3o2)c(-c2cc(C)cc(C)c2Op2oc3c(C(C)(C)C)cc(C)cc3c3cc(C)cc(C(C)(C)C)c3o2)c1. The molecule has 0 N–H and O–H groups in total. The van der Waals surface area contributed by atoms with Gasteiger partial charge in [-0.1, -0.05) is 150 Å². The molecule has 0 aliphatic rings. The van der Waals surface area contributed by atoms with Gasteiger partial charge in [0.1, 0.15) is 73.4 Å². The number of aryl methyl sites for hydroxylation is 19. The van der Waals surface area contributed by atoms with Crippen LogP contribution in [0.25, 0.3) is 110 Å². The quantitative estimate of drug-likeness (QED) is 0.121. The summed E-state index contributed by atoms with van der Waals surface area (Å²) in [5, 5.41) is 8.01. The highest BCUT2D eigenvalue weighted by molar-refractivity contribution is 7.33. The van der Waals surface area contributed by atoms with E-state index in [-0.39, 0.29) is 16.2 Å². The van der Waals surface area contributed by atoms with Gasteiger partial charge in [-0.2, -0.15) is 0 Å². The van der Waals surface area contributed by atoms with Crippen molar-refractivity contribution >= 4 is 121 Å². The zero-order valence-electron chi connectivity index (χ0n) is 79.0. The topological polar surface area (TPSA) is 151 Å². The number of rotatable bonds is 11. The number of fused-ring (bicyclic) bond motifs is 12. The molecule has 125 heavy (non-hydrogen) atoms. The lowest BCUT2D eigenvalue weighted by molar-refractivity contribution is 0.410. The van der Waals surface area contributed by atoms with Crippen LogP contribution in [0, 0.1) is 132 Å². The molecule has 0 spiro atoms.